The van der Waals surface area contributed by atoms with Crippen LogP contribution in [0.3, 0.4) is 0 Å². The van der Waals surface area contributed by atoms with E-state index in [1.807, 2.05) is 12.1 Å². The Kier molecular flexibility index (Phi) is 2.69. The molecule has 0 saturated carbocycles. The first-order valence-electron chi connectivity index (χ1n) is 5.22. The van der Waals surface area contributed by atoms with Gasteiger partial charge in [-0.25, -0.2) is 0 Å². The first kappa shape index (κ1) is 10.1. The summed E-state index contributed by atoms with van der Waals surface area (Å²) in [5.74, 6) is 0.454. The monoisotopic (exact) mass is 201 g/mol. The van der Waals surface area contributed by atoms with Crippen LogP contribution in [0.2, 0.25) is 0 Å². The molecule has 0 aliphatic rings. The fourth-order valence-corrected chi connectivity index (χ4v) is 1.76. The highest BCUT2D eigenvalue weighted by atomic mass is 16.3. The Bertz CT molecular complexity index is 477. The van der Waals surface area contributed by atoms with Crippen LogP contribution in [0.5, 0.6) is 0 Å². The van der Waals surface area contributed by atoms with E-state index in [1.54, 1.807) is 0 Å². The topological polar surface area (TPSA) is 33.1 Å². The molecule has 1 aromatic carbocycles. The van der Waals surface area contributed by atoms with Crippen LogP contribution in [0.4, 0.5) is 0 Å². The minimum Gasteiger partial charge on any atom is -0.390 e. The Balaban J connectivity index is 2.70. The molecule has 1 N–H and O–H groups in total. The van der Waals surface area contributed by atoms with E-state index in [0.717, 1.165) is 16.6 Å². The summed E-state index contributed by atoms with van der Waals surface area (Å²) in [7, 11) is 0. The van der Waals surface area contributed by atoms with Gasteiger partial charge in [-0.05, 0) is 17.5 Å². The largest absolute Gasteiger partial charge is 0.390 e. The second-order valence-corrected chi connectivity index (χ2v) is 4.03. The van der Waals surface area contributed by atoms with E-state index in [1.165, 1.54) is 5.56 Å². The Morgan fingerprint density at radius 3 is 2.67 bits per heavy atom. The maximum absolute atomic E-state index is 9.06. The van der Waals surface area contributed by atoms with E-state index >= 15 is 0 Å². The van der Waals surface area contributed by atoms with E-state index in [-0.39, 0.29) is 6.61 Å². The molecule has 0 fully saturated rings. The lowest BCUT2D eigenvalue weighted by Gasteiger charge is -2.09. The standard InChI is InChI=1S/C13H15NO/c1-9(2)12-5-3-4-10-6-7-11(8-15)14-13(10)12/h3-7,9,15H,8H2,1-2H3. The molecule has 15 heavy (non-hydrogen) atoms. The van der Waals surface area contributed by atoms with Gasteiger partial charge >= 0.3 is 0 Å². The van der Waals surface area contributed by atoms with E-state index in [0.29, 0.717) is 5.92 Å². The van der Waals surface area contributed by atoms with Crippen molar-refractivity contribution in [3.8, 4) is 0 Å². The molecule has 0 unspecified atom stereocenters. The van der Waals surface area contributed by atoms with Gasteiger partial charge in [-0.3, -0.25) is 4.98 Å². The molecule has 0 aliphatic carbocycles. The van der Waals surface area contributed by atoms with Gasteiger partial charge in [-0.15, -0.1) is 0 Å². The van der Waals surface area contributed by atoms with E-state index in [4.69, 9.17) is 5.11 Å². The van der Waals surface area contributed by atoms with E-state index in [9.17, 15) is 0 Å². The third kappa shape index (κ3) is 1.85. The molecule has 1 heterocycles. The van der Waals surface area contributed by atoms with Crippen LogP contribution in [0.25, 0.3) is 10.9 Å². The van der Waals surface area contributed by atoms with Crippen LogP contribution in [-0.4, -0.2) is 10.1 Å². The Hall–Kier alpha value is -1.41. The predicted molar refractivity (Wildman–Crippen MR) is 61.8 cm³/mol. The number of nitrogens with zero attached hydrogens (tertiary/aromatic N) is 1. The molecule has 78 valence electrons. The number of pyridine rings is 1. The van der Waals surface area contributed by atoms with Crippen molar-refractivity contribution in [3.63, 3.8) is 0 Å². The summed E-state index contributed by atoms with van der Waals surface area (Å²) in [6.45, 7) is 4.31. The van der Waals surface area contributed by atoms with Crippen LogP contribution in [0.1, 0.15) is 31.0 Å². The number of aliphatic hydroxyl groups excluding tert-OH is 1. The normalized spacial score (nSPS) is 11.2. The molecule has 0 bridgehead atoms. The fourth-order valence-electron chi connectivity index (χ4n) is 1.76. The number of hydrogen-bond acceptors (Lipinski definition) is 2. The summed E-state index contributed by atoms with van der Waals surface area (Å²) >= 11 is 0. The first-order chi connectivity index (χ1) is 7.22. The number of hydrogen-bond donors (Lipinski definition) is 1. The highest BCUT2D eigenvalue weighted by molar-refractivity contribution is 5.82. The minimum absolute atomic E-state index is 0.00235. The second kappa shape index (κ2) is 3.99. The highest BCUT2D eigenvalue weighted by Crippen LogP contribution is 2.23. The van der Waals surface area contributed by atoms with Crippen LogP contribution in [-0.2, 0) is 6.61 Å². The van der Waals surface area contributed by atoms with Gasteiger partial charge in [0.05, 0.1) is 17.8 Å². The summed E-state index contributed by atoms with van der Waals surface area (Å²) in [5, 5.41) is 10.2. The molecule has 0 aliphatic heterocycles. The van der Waals surface area contributed by atoms with Crippen molar-refractivity contribution in [2.24, 2.45) is 0 Å². The number of para-hydroxylation sites is 1. The molecule has 0 radical (unpaired) electrons. The lowest BCUT2D eigenvalue weighted by molar-refractivity contribution is 0.277. The molecule has 0 amide bonds. The zero-order valence-corrected chi connectivity index (χ0v) is 9.07. The maximum Gasteiger partial charge on any atom is 0.0853 e. The number of rotatable bonds is 2. The van der Waals surface area contributed by atoms with E-state index < -0.39 is 0 Å². The van der Waals surface area contributed by atoms with Gasteiger partial charge in [0, 0.05) is 5.39 Å². The van der Waals surface area contributed by atoms with Gasteiger partial charge in [0.15, 0.2) is 0 Å². The predicted octanol–water partition coefficient (Wildman–Crippen LogP) is 2.85. The van der Waals surface area contributed by atoms with Crippen molar-refractivity contribution in [2.75, 3.05) is 0 Å². The summed E-state index contributed by atoms with van der Waals surface area (Å²) in [5.41, 5.74) is 2.98. The number of fused-ring (bicyclic) bond motifs is 1. The quantitative estimate of drug-likeness (QED) is 0.810. The molecule has 2 rings (SSSR count). The molecule has 2 heteroatoms. The van der Waals surface area contributed by atoms with Gasteiger partial charge in [0.1, 0.15) is 0 Å². The first-order valence-corrected chi connectivity index (χ1v) is 5.22. The second-order valence-electron chi connectivity index (χ2n) is 4.03. The fraction of sp³-hybridized carbons (Fsp3) is 0.308. The van der Waals surface area contributed by atoms with Gasteiger partial charge in [0.25, 0.3) is 0 Å². The SMILES string of the molecule is CC(C)c1cccc2ccc(CO)nc12. The van der Waals surface area contributed by atoms with Gasteiger partial charge in [0.2, 0.25) is 0 Å². The average molecular weight is 201 g/mol. The van der Waals surface area contributed by atoms with Gasteiger partial charge in [-0.2, -0.15) is 0 Å². The summed E-state index contributed by atoms with van der Waals surface area (Å²) in [6.07, 6.45) is 0. The maximum atomic E-state index is 9.06. The third-order valence-electron chi connectivity index (χ3n) is 2.59. The van der Waals surface area contributed by atoms with Crippen LogP contribution >= 0.6 is 0 Å². The zero-order valence-electron chi connectivity index (χ0n) is 9.07. The van der Waals surface area contributed by atoms with Crippen molar-refractivity contribution in [2.45, 2.75) is 26.4 Å². The van der Waals surface area contributed by atoms with Crippen molar-refractivity contribution in [1.29, 1.82) is 0 Å². The van der Waals surface area contributed by atoms with E-state index in [2.05, 4.69) is 37.0 Å². The Morgan fingerprint density at radius 2 is 2.00 bits per heavy atom. The van der Waals surface area contributed by atoms with Crippen LogP contribution in [0, 0.1) is 0 Å². The lowest BCUT2D eigenvalue weighted by atomic mass is 9.99. The number of aromatic nitrogens is 1. The smallest absolute Gasteiger partial charge is 0.0853 e. The average Bonchev–Trinajstić information content (AvgIpc) is 2.27. The Morgan fingerprint density at radius 1 is 1.20 bits per heavy atom. The van der Waals surface area contributed by atoms with Crippen LogP contribution < -0.4 is 0 Å². The molecule has 2 nitrogen and oxygen atoms in total. The highest BCUT2D eigenvalue weighted by Gasteiger charge is 2.06. The third-order valence-corrected chi connectivity index (χ3v) is 2.59. The lowest BCUT2D eigenvalue weighted by Crippen LogP contribution is -1.95. The summed E-state index contributed by atoms with van der Waals surface area (Å²) in [4.78, 5) is 4.46. The van der Waals surface area contributed by atoms with Crippen molar-refractivity contribution >= 4 is 10.9 Å². The molecule has 2 aromatic rings. The number of benzene rings is 1. The minimum atomic E-state index is 0.00235. The number of aliphatic hydroxyl groups is 1. The van der Waals surface area contributed by atoms with Crippen LogP contribution in [0.15, 0.2) is 30.3 Å². The molecular formula is C13H15NO. The summed E-state index contributed by atoms with van der Waals surface area (Å²) in [6, 6.07) is 10.1. The molecular weight excluding hydrogens is 186 g/mol. The molecule has 0 spiro atoms. The van der Waals surface area contributed by atoms with Crippen molar-refractivity contribution in [1.82, 2.24) is 4.98 Å². The Labute approximate surface area is 89.6 Å². The molecule has 0 saturated heterocycles. The molecule has 1 aromatic heterocycles. The molecule has 0 atom stereocenters. The zero-order chi connectivity index (χ0) is 10.8. The summed E-state index contributed by atoms with van der Waals surface area (Å²) < 4.78 is 0. The van der Waals surface area contributed by atoms with Crippen molar-refractivity contribution in [3.05, 3.63) is 41.6 Å². The van der Waals surface area contributed by atoms with Crippen molar-refractivity contribution < 1.29 is 5.11 Å². The van der Waals surface area contributed by atoms with Gasteiger partial charge < -0.3 is 5.11 Å². The van der Waals surface area contributed by atoms with Gasteiger partial charge in [-0.1, -0.05) is 38.1 Å².